The van der Waals surface area contributed by atoms with Gasteiger partial charge < -0.3 is 10.6 Å². The number of amides is 2. The second kappa shape index (κ2) is 11.0. The SMILES string of the molecule is Cc1ccc(-n2cnnc2SCC(=O)Nc2ccccc2C(=O)N[C@H](C)c2ccccc2)cc1C. The first-order chi connectivity index (χ1) is 16.9. The van der Waals surface area contributed by atoms with Crippen LogP contribution in [0.25, 0.3) is 5.69 Å². The minimum atomic E-state index is -0.251. The number of hydrogen-bond donors (Lipinski definition) is 2. The number of thioether (sulfide) groups is 1. The number of carbonyl (C=O) groups is 2. The minimum absolute atomic E-state index is 0.125. The van der Waals surface area contributed by atoms with Gasteiger partial charge in [-0.05, 0) is 61.7 Å². The summed E-state index contributed by atoms with van der Waals surface area (Å²) < 4.78 is 1.86. The van der Waals surface area contributed by atoms with Gasteiger partial charge >= 0.3 is 0 Å². The summed E-state index contributed by atoms with van der Waals surface area (Å²) in [6.45, 7) is 6.04. The molecule has 0 aliphatic heterocycles. The van der Waals surface area contributed by atoms with Crippen LogP contribution in [0.1, 0.15) is 40.0 Å². The van der Waals surface area contributed by atoms with Gasteiger partial charge in [0.2, 0.25) is 5.91 Å². The Morgan fingerprint density at radius 1 is 0.971 bits per heavy atom. The van der Waals surface area contributed by atoms with Gasteiger partial charge in [0.25, 0.3) is 5.91 Å². The fourth-order valence-corrected chi connectivity index (χ4v) is 4.31. The molecule has 35 heavy (non-hydrogen) atoms. The molecule has 1 aromatic heterocycles. The van der Waals surface area contributed by atoms with Gasteiger partial charge in [0.05, 0.1) is 23.0 Å². The van der Waals surface area contributed by atoms with Crippen LogP contribution in [0.4, 0.5) is 5.69 Å². The van der Waals surface area contributed by atoms with Gasteiger partial charge in [-0.1, -0.05) is 60.3 Å². The quantitative estimate of drug-likeness (QED) is 0.339. The fraction of sp³-hybridized carbons (Fsp3) is 0.185. The van der Waals surface area contributed by atoms with Crippen LogP contribution in [0.3, 0.4) is 0 Å². The molecule has 1 atom stereocenters. The van der Waals surface area contributed by atoms with Crippen LogP contribution in [-0.4, -0.2) is 32.3 Å². The van der Waals surface area contributed by atoms with Crippen LogP contribution < -0.4 is 10.6 Å². The predicted octanol–water partition coefficient (Wildman–Crippen LogP) is 5.11. The summed E-state index contributed by atoms with van der Waals surface area (Å²) in [5, 5.41) is 14.7. The third-order valence-corrected chi connectivity index (χ3v) is 6.65. The first-order valence-corrected chi connectivity index (χ1v) is 12.3. The number of para-hydroxylation sites is 1. The number of rotatable bonds is 8. The molecule has 0 unspecified atom stereocenters. The number of nitrogens with one attached hydrogen (secondary N) is 2. The molecule has 0 aliphatic carbocycles. The molecule has 0 radical (unpaired) electrons. The van der Waals surface area contributed by atoms with E-state index in [2.05, 4.69) is 40.7 Å². The average Bonchev–Trinajstić information content (AvgIpc) is 3.34. The zero-order chi connectivity index (χ0) is 24.8. The maximum Gasteiger partial charge on any atom is 0.253 e. The Labute approximate surface area is 209 Å². The van der Waals surface area contributed by atoms with Crippen molar-refractivity contribution in [2.24, 2.45) is 0 Å². The predicted molar refractivity (Wildman–Crippen MR) is 139 cm³/mol. The summed E-state index contributed by atoms with van der Waals surface area (Å²) in [6.07, 6.45) is 1.64. The van der Waals surface area contributed by atoms with Crippen molar-refractivity contribution in [3.8, 4) is 5.69 Å². The van der Waals surface area contributed by atoms with E-state index in [1.165, 1.54) is 22.9 Å². The van der Waals surface area contributed by atoms with Crippen LogP contribution in [0.15, 0.2) is 84.3 Å². The van der Waals surface area contributed by atoms with Crippen molar-refractivity contribution >= 4 is 29.3 Å². The largest absolute Gasteiger partial charge is 0.345 e. The Kier molecular flexibility index (Phi) is 7.62. The van der Waals surface area contributed by atoms with Crippen molar-refractivity contribution in [3.05, 3.63) is 101 Å². The van der Waals surface area contributed by atoms with Gasteiger partial charge in [0, 0.05) is 5.69 Å². The van der Waals surface area contributed by atoms with Crippen LogP contribution in [-0.2, 0) is 4.79 Å². The molecule has 0 saturated heterocycles. The van der Waals surface area contributed by atoms with Gasteiger partial charge in [-0.15, -0.1) is 10.2 Å². The molecule has 4 aromatic rings. The van der Waals surface area contributed by atoms with Crippen molar-refractivity contribution in [1.29, 1.82) is 0 Å². The number of aryl methyl sites for hydroxylation is 2. The van der Waals surface area contributed by atoms with Gasteiger partial charge in [0.1, 0.15) is 6.33 Å². The molecule has 178 valence electrons. The molecule has 0 fully saturated rings. The summed E-state index contributed by atoms with van der Waals surface area (Å²) in [6, 6.07) is 22.7. The van der Waals surface area contributed by atoms with E-state index in [9.17, 15) is 9.59 Å². The molecule has 2 amide bonds. The lowest BCUT2D eigenvalue weighted by Crippen LogP contribution is -2.28. The van der Waals surface area contributed by atoms with E-state index in [-0.39, 0.29) is 23.6 Å². The van der Waals surface area contributed by atoms with E-state index in [0.717, 1.165) is 11.3 Å². The fourth-order valence-electron chi connectivity index (χ4n) is 3.58. The minimum Gasteiger partial charge on any atom is -0.345 e. The Balaban J connectivity index is 1.40. The van der Waals surface area contributed by atoms with Gasteiger partial charge in [0.15, 0.2) is 5.16 Å². The monoisotopic (exact) mass is 485 g/mol. The Morgan fingerprint density at radius 2 is 1.71 bits per heavy atom. The van der Waals surface area contributed by atoms with Crippen LogP contribution in [0.2, 0.25) is 0 Å². The van der Waals surface area contributed by atoms with Gasteiger partial charge in [-0.3, -0.25) is 14.2 Å². The van der Waals surface area contributed by atoms with Crippen molar-refractivity contribution in [3.63, 3.8) is 0 Å². The number of benzene rings is 3. The number of nitrogens with zero attached hydrogens (tertiary/aromatic N) is 3. The summed E-state index contributed by atoms with van der Waals surface area (Å²) in [5.74, 6) is -0.361. The molecule has 1 heterocycles. The second-order valence-electron chi connectivity index (χ2n) is 8.24. The Bertz CT molecular complexity index is 1340. The summed E-state index contributed by atoms with van der Waals surface area (Å²) in [4.78, 5) is 25.7. The van der Waals surface area contributed by atoms with Crippen molar-refractivity contribution in [2.75, 3.05) is 11.1 Å². The highest BCUT2D eigenvalue weighted by molar-refractivity contribution is 7.99. The lowest BCUT2D eigenvalue weighted by atomic mass is 10.1. The zero-order valence-electron chi connectivity index (χ0n) is 19.9. The number of carbonyl (C=O) groups excluding carboxylic acids is 2. The van der Waals surface area contributed by atoms with Crippen LogP contribution in [0.5, 0.6) is 0 Å². The molecule has 8 heteroatoms. The zero-order valence-corrected chi connectivity index (χ0v) is 20.7. The van der Waals surface area contributed by atoms with E-state index in [1.54, 1.807) is 30.6 Å². The maximum absolute atomic E-state index is 12.9. The number of hydrogen-bond acceptors (Lipinski definition) is 5. The van der Waals surface area contributed by atoms with E-state index in [4.69, 9.17) is 0 Å². The van der Waals surface area contributed by atoms with Crippen molar-refractivity contribution in [2.45, 2.75) is 32.0 Å². The second-order valence-corrected chi connectivity index (χ2v) is 9.18. The van der Waals surface area contributed by atoms with Gasteiger partial charge in [-0.2, -0.15) is 0 Å². The third-order valence-electron chi connectivity index (χ3n) is 5.71. The normalized spacial score (nSPS) is 11.6. The van der Waals surface area contributed by atoms with Crippen molar-refractivity contribution in [1.82, 2.24) is 20.1 Å². The topological polar surface area (TPSA) is 88.9 Å². The lowest BCUT2D eigenvalue weighted by Gasteiger charge is -2.16. The highest BCUT2D eigenvalue weighted by atomic mass is 32.2. The molecule has 0 saturated carbocycles. The number of aromatic nitrogens is 3. The molecule has 0 bridgehead atoms. The molecular formula is C27H27N5O2S. The summed E-state index contributed by atoms with van der Waals surface area (Å²) >= 11 is 1.28. The van der Waals surface area contributed by atoms with Crippen LogP contribution in [0, 0.1) is 13.8 Å². The van der Waals surface area contributed by atoms with E-state index < -0.39 is 0 Å². The number of anilines is 1. The average molecular weight is 486 g/mol. The molecule has 4 rings (SSSR count). The van der Waals surface area contributed by atoms with Crippen molar-refractivity contribution < 1.29 is 9.59 Å². The first kappa shape index (κ1) is 24.2. The smallest absolute Gasteiger partial charge is 0.253 e. The van der Waals surface area contributed by atoms with E-state index >= 15 is 0 Å². The summed E-state index contributed by atoms with van der Waals surface area (Å²) in [7, 11) is 0. The van der Waals surface area contributed by atoms with Crippen LogP contribution >= 0.6 is 11.8 Å². The van der Waals surface area contributed by atoms with E-state index in [0.29, 0.717) is 16.4 Å². The molecule has 3 aromatic carbocycles. The molecular weight excluding hydrogens is 458 g/mol. The first-order valence-electron chi connectivity index (χ1n) is 11.3. The maximum atomic E-state index is 12.9. The van der Waals surface area contributed by atoms with E-state index in [1.807, 2.05) is 54.0 Å². The molecule has 2 N–H and O–H groups in total. The molecule has 0 aliphatic rings. The molecule has 0 spiro atoms. The Hall–Kier alpha value is -3.91. The highest BCUT2D eigenvalue weighted by Crippen LogP contribution is 2.23. The lowest BCUT2D eigenvalue weighted by molar-refractivity contribution is -0.113. The Morgan fingerprint density at radius 3 is 2.49 bits per heavy atom. The standard InChI is InChI=1S/C27H27N5O2S/c1-18-13-14-22(15-19(18)2)32-17-28-31-27(32)35-16-25(33)30-24-12-8-7-11-23(24)26(34)29-20(3)21-9-5-4-6-10-21/h4-15,17,20H,16H2,1-3H3,(H,29,34)(H,30,33)/t20-/m1/s1. The molecule has 7 nitrogen and oxygen atoms in total. The third kappa shape index (κ3) is 5.96. The summed E-state index contributed by atoms with van der Waals surface area (Å²) in [5.41, 5.74) is 5.19. The highest BCUT2D eigenvalue weighted by Gasteiger charge is 2.17. The van der Waals surface area contributed by atoms with Gasteiger partial charge in [-0.25, -0.2) is 0 Å².